The summed E-state index contributed by atoms with van der Waals surface area (Å²) in [5.41, 5.74) is 1.19. The van der Waals surface area contributed by atoms with Gasteiger partial charge in [0.15, 0.2) is 0 Å². The summed E-state index contributed by atoms with van der Waals surface area (Å²) in [4.78, 5) is 11.5. The molecule has 1 unspecified atom stereocenters. The van der Waals surface area contributed by atoms with Crippen LogP contribution in [0.15, 0.2) is 24.3 Å². The number of esters is 1. The summed E-state index contributed by atoms with van der Waals surface area (Å²) in [6.45, 7) is 6.92. The molecule has 0 bridgehead atoms. The van der Waals surface area contributed by atoms with E-state index < -0.39 is 0 Å². The minimum atomic E-state index is -0.332. The number of para-hydroxylation sites is 1. The highest BCUT2D eigenvalue weighted by molar-refractivity contribution is 5.75. The van der Waals surface area contributed by atoms with Gasteiger partial charge in [0.2, 0.25) is 0 Å². The number of ether oxygens (including phenoxy) is 2. The van der Waals surface area contributed by atoms with E-state index in [0.29, 0.717) is 13.0 Å². The van der Waals surface area contributed by atoms with E-state index >= 15 is 0 Å². The largest absolute Gasteiger partial charge is 0.493 e. The van der Waals surface area contributed by atoms with Crippen molar-refractivity contribution in [3.05, 3.63) is 29.8 Å². The van der Waals surface area contributed by atoms with Crippen LogP contribution in [0.4, 0.5) is 0 Å². The maximum absolute atomic E-state index is 11.5. The summed E-state index contributed by atoms with van der Waals surface area (Å²) in [5.74, 6) is 0.611. The van der Waals surface area contributed by atoms with Crippen LogP contribution in [0.3, 0.4) is 0 Å². The third kappa shape index (κ3) is 4.53. The zero-order chi connectivity index (χ0) is 15.2. The molecule has 112 valence electrons. The predicted octanol–water partition coefficient (Wildman–Crippen LogP) is 2.51. The molecule has 0 saturated carbocycles. The predicted molar refractivity (Wildman–Crippen MR) is 80.1 cm³/mol. The van der Waals surface area contributed by atoms with E-state index in [1.165, 1.54) is 12.7 Å². The van der Waals surface area contributed by atoms with Gasteiger partial charge in [0.05, 0.1) is 13.7 Å². The molecule has 0 saturated heterocycles. The van der Waals surface area contributed by atoms with Gasteiger partial charge in [-0.15, -0.1) is 0 Å². The second kappa shape index (κ2) is 7.29. The lowest BCUT2D eigenvalue weighted by Crippen LogP contribution is -2.36. The highest BCUT2D eigenvalue weighted by atomic mass is 16.5. The third-order valence-electron chi connectivity index (χ3n) is 3.19. The van der Waals surface area contributed by atoms with E-state index in [1.54, 1.807) is 7.05 Å². The first-order valence-electron chi connectivity index (χ1n) is 6.87. The Labute approximate surface area is 121 Å². The van der Waals surface area contributed by atoms with E-state index in [1.807, 2.05) is 18.2 Å². The van der Waals surface area contributed by atoms with Crippen LogP contribution in [0.1, 0.15) is 32.8 Å². The summed E-state index contributed by atoms with van der Waals surface area (Å²) in [7, 11) is 3.13. The van der Waals surface area contributed by atoms with Gasteiger partial charge in [0.1, 0.15) is 11.8 Å². The Bertz CT molecular complexity index is 438. The third-order valence-corrected chi connectivity index (χ3v) is 3.19. The maximum atomic E-state index is 11.5. The molecular weight excluding hydrogens is 254 g/mol. The average Bonchev–Trinajstić information content (AvgIpc) is 2.42. The fourth-order valence-electron chi connectivity index (χ4n) is 2.02. The zero-order valence-electron chi connectivity index (χ0n) is 13.0. The topological polar surface area (TPSA) is 47.6 Å². The Hall–Kier alpha value is -1.55. The molecule has 20 heavy (non-hydrogen) atoms. The van der Waals surface area contributed by atoms with Crippen molar-refractivity contribution in [3.63, 3.8) is 0 Å². The van der Waals surface area contributed by atoms with Gasteiger partial charge in [-0.3, -0.25) is 4.79 Å². The van der Waals surface area contributed by atoms with Crippen LogP contribution >= 0.6 is 0 Å². The van der Waals surface area contributed by atoms with Crippen molar-refractivity contribution in [2.24, 2.45) is 0 Å². The van der Waals surface area contributed by atoms with Crippen LogP contribution in [0.5, 0.6) is 5.75 Å². The van der Waals surface area contributed by atoms with Crippen LogP contribution in [0, 0.1) is 0 Å². The van der Waals surface area contributed by atoms with Crippen molar-refractivity contribution in [1.29, 1.82) is 0 Å². The second-order valence-corrected chi connectivity index (χ2v) is 5.75. The van der Waals surface area contributed by atoms with Gasteiger partial charge >= 0.3 is 5.97 Å². The van der Waals surface area contributed by atoms with Gasteiger partial charge in [0.25, 0.3) is 0 Å². The van der Waals surface area contributed by atoms with Crippen molar-refractivity contribution >= 4 is 5.97 Å². The van der Waals surface area contributed by atoms with E-state index in [0.717, 1.165) is 5.75 Å². The van der Waals surface area contributed by atoms with E-state index in [2.05, 4.69) is 32.2 Å². The number of hydrogen-bond donors (Lipinski definition) is 1. The molecule has 1 rings (SSSR count). The monoisotopic (exact) mass is 279 g/mol. The fraction of sp³-hybridized carbons (Fsp3) is 0.562. The molecule has 4 heteroatoms. The van der Waals surface area contributed by atoms with E-state index in [-0.39, 0.29) is 17.4 Å². The Morgan fingerprint density at radius 1 is 1.30 bits per heavy atom. The number of nitrogens with one attached hydrogen (secondary N) is 1. The molecule has 0 heterocycles. The Balaban J connectivity index is 2.65. The molecule has 4 nitrogen and oxygen atoms in total. The van der Waals surface area contributed by atoms with Gasteiger partial charge in [-0.05, 0) is 24.1 Å². The molecule has 0 aliphatic carbocycles. The van der Waals surface area contributed by atoms with Gasteiger partial charge in [-0.1, -0.05) is 39.0 Å². The summed E-state index contributed by atoms with van der Waals surface area (Å²) in [5, 5.41) is 2.93. The number of methoxy groups -OCH3 is 1. The molecule has 0 amide bonds. The zero-order valence-corrected chi connectivity index (χ0v) is 13.0. The van der Waals surface area contributed by atoms with Gasteiger partial charge in [-0.2, -0.15) is 0 Å². The molecule has 1 atom stereocenters. The molecule has 0 fully saturated rings. The van der Waals surface area contributed by atoms with Crippen molar-refractivity contribution in [3.8, 4) is 5.75 Å². The molecule has 0 aromatic heterocycles. The summed E-state index contributed by atoms with van der Waals surface area (Å²) >= 11 is 0. The number of rotatable bonds is 6. The van der Waals surface area contributed by atoms with Crippen LogP contribution in [0.2, 0.25) is 0 Å². The number of hydrogen-bond acceptors (Lipinski definition) is 4. The number of benzene rings is 1. The molecule has 1 N–H and O–H groups in total. The molecule has 0 aliphatic heterocycles. The molecule has 0 spiro atoms. The van der Waals surface area contributed by atoms with Crippen molar-refractivity contribution in [2.75, 3.05) is 20.8 Å². The minimum absolute atomic E-state index is 0.0291. The molecule has 0 radical (unpaired) electrons. The number of carbonyl (C=O) groups excluding carboxylic acids is 1. The first-order valence-corrected chi connectivity index (χ1v) is 6.87. The van der Waals surface area contributed by atoms with Crippen LogP contribution in [0.25, 0.3) is 0 Å². The van der Waals surface area contributed by atoms with E-state index in [9.17, 15) is 4.79 Å². The van der Waals surface area contributed by atoms with E-state index in [4.69, 9.17) is 9.47 Å². The lowest BCUT2D eigenvalue weighted by atomic mass is 9.86. The maximum Gasteiger partial charge on any atom is 0.322 e. The van der Waals surface area contributed by atoms with Gasteiger partial charge in [0, 0.05) is 6.42 Å². The minimum Gasteiger partial charge on any atom is -0.493 e. The number of likely N-dealkylation sites (N-methyl/N-ethyl adjacent to an activating group) is 1. The van der Waals surface area contributed by atoms with Crippen molar-refractivity contribution in [2.45, 2.75) is 38.6 Å². The smallest absolute Gasteiger partial charge is 0.322 e. The molecule has 1 aromatic carbocycles. The van der Waals surface area contributed by atoms with Crippen LogP contribution < -0.4 is 10.1 Å². The Kier molecular flexibility index (Phi) is 6.02. The molecule has 0 aliphatic rings. The first-order chi connectivity index (χ1) is 9.40. The number of carbonyl (C=O) groups is 1. The lowest BCUT2D eigenvalue weighted by Gasteiger charge is -2.23. The molecular formula is C16H25NO3. The van der Waals surface area contributed by atoms with Crippen LogP contribution in [-0.4, -0.2) is 32.8 Å². The highest BCUT2D eigenvalue weighted by Gasteiger charge is 2.20. The average molecular weight is 279 g/mol. The summed E-state index contributed by atoms with van der Waals surface area (Å²) < 4.78 is 10.6. The highest BCUT2D eigenvalue weighted by Crippen LogP contribution is 2.30. The second-order valence-electron chi connectivity index (χ2n) is 5.75. The quantitative estimate of drug-likeness (QED) is 0.813. The van der Waals surface area contributed by atoms with Crippen LogP contribution in [-0.2, 0) is 14.9 Å². The Morgan fingerprint density at radius 2 is 1.95 bits per heavy atom. The Morgan fingerprint density at radius 3 is 2.50 bits per heavy atom. The van der Waals surface area contributed by atoms with Crippen molar-refractivity contribution in [1.82, 2.24) is 5.32 Å². The molecule has 1 aromatic rings. The van der Waals surface area contributed by atoms with Gasteiger partial charge in [-0.25, -0.2) is 0 Å². The fourth-order valence-corrected chi connectivity index (χ4v) is 2.02. The first kappa shape index (κ1) is 16.5. The van der Waals surface area contributed by atoms with Crippen molar-refractivity contribution < 1.29 is 14.3 Å². The van der Waals surface area contributed by atoms with Gasteiger partial charge < -0.3 is 14.8 Å². The summed E-state index contributed by atoms with van der Waals surface area (Å²) in [6, 6.07) is 7.68. The standard InChI is InChI=1S/C16H25NO3/c1-16(2,3)12-8-6-7-9-14(12)20-11-10-13(17-4)15(18)19-5/h6-9,13,17H,10-11H2,1-5H3. The normalized spacial score (nSPS) is 12.8. The lowest BCUT2D eigenvalue weighted by molar-refractivity contribution is -0.143. The SMILES string of the molecule is CNC(CCOc1ccccc1C(C)(C)C)C(=O)OC. The summed E-state index contributed by atoms with van der Waals surface area (Å²) in [6.07, 6.45) is 0.571.